The predicted molar refractivity (Wildman–Crippen MR) is 227 cm³/mol. The molecule has 0 aromatic heterocycles. The van der Waals surface area contributed by atoms with E-state index in [9.17, 15) is 81.1 Å². The third-order valence-electron chi connectivity index (χ3n) is 11.2. The van der Waals surface area contributed by atoms with Crippen LogP contribution >= 0.6 is 0 Å². The van der Waals surface area contributed by atoms with Crippen LogP contribution in [0.25, 0.3) is 0 Å². The lowest BCUT2D eigenvalue weighted by molar-refractivity contribution is -0.326. The second-order valence-corrected chi connectivity index (χ2v) is 16.5. The minimum Gasteiger partial charge on any atom is -0.429 e. The first kappa shape index (κ1) is 56.9. The number of allylic oxidation sites excluding steroid dienone is 12. The Hall–Kier alpha value is -3.68. The molecule has 0 aromatic carbocycles. The SMILES string of the molecule is CC(/C=C/C=C(\C)C(=O)O[C@@H]1OC(CO[C@@H]2OC(CO)[C@@H](O)[C@H](O)C2O)[C@@H](O)[C@H](O)C1O)=C\C=C\C=C(C)\C=C\C=C(/C)C(=O)O[C@@H]1OC(CO[C@@H]2OC(CO)[C@@H](O)[C@H](O)C2O)[C@@H](O)[C@H](O)C1O. The van der Waals surface area contributed by atoms with Crippen molar-refractivity contribution in [2.45, 2.75) is 151 Å². The van der Waals surface area contributed by atoms with Gasteiger partial charge in [-0.15, -0.1) is 0 Å². The highest BCUT2D eigenvalue weighted by atomic mass is 16.8. The van der Waals surface area contributed by atoms with Gasteiger partial charge in [0.15, 0.2) is 12.6 Å². The molecule has 0 radical (unpaired) electrons. The molecular formula is C44H64O24. The Balaban J connectivity index is 1.23. The molecular weight excluding hydrogens is 912 g/mol. The van der Waals surface area contributed by atoms with Crippen molar-refractivity contribution < 1.29 is 119 Å². The van der Waals surface area contributed by atoms with Crippen LogP contribution in [0.1, 0.15) is 27.7 Å². The standard InChI is InChI=1S/C44H64O24/c1-19(11-7-13-21(3)39(59)67-43-37(57)33(53)29(49)25(65-43)17-61-41-35(55)31(51)27(47)23(15-45)63-41)9-5-6-10-20(2)12-8-14-22(4)40(60)68-44-38(58)34(54)30(50)26(66-44)18-62-42-36(56)32(52)28(48)24(16-46)64-42/h5-14,23-38,41-58H,15-18H2,1-4H3/b6-5+,11-7+,12-8+,19-9+,20-10+,21-13+,22-14+/t23?,24?,25?,26?,27-,28-,29-,30-,31+,32+,33+,34+,35?,36?,37?,38?,41-,42-,43+,44+/m1/s1. The zero-order chi connectivity index (χ0) is 50.6. The molecule has 0 spiro atoms. The van der Waals surface area contributed by atoms with Gasteiger partial charge >= 0.3 is 11.9 Å². The van der Waals surface area contributed by atoms with Crippen molar-refractivity contribution in [1.82, 2.24) is 0 Å². The van der Waals surface area contributed by atoms with Gasteiger partial charge in [-0.05, 0) is 27.7 Å². The molecule has 4 heterocycles. The molecule has 4 aliphatic heterocycles. The summed E-state index contributed by atoms with van der Waals surface area (Å²) in [5.74, 6) is -1.86. The van der Waals surface area contributed by atoms with Crippen molar-refractivity contribution in [3.05, 3.63) is 83.1 Å². The molecule has 24 heteroatoms. The second kappa shape index (κ2) is 26.5. The van der Waals surface area contributed by atoms with Crippen molar-refractivity contribution in [2.75, 3.05) is 26.4 Å². The minimum atomic E-state index is -1.86. The highest BCUT2D eigenvalue weighted by Crippen LogP contribution is 2.28. The van der Waals surface area contributed by atoms with Gasteiger partial charge in [0.2, 0.25) is 12.6 Å². The fraction of sp³-hybridized carbons (Fsp3) is 0.636. The monoisotopic (exact) mass is 976 g/mol. The Kier molecular flexibility index (Phi) is 22.2. The number of aliphatic hydroxyl groups is 14. The van der Waals surface area contributed by atoms with Crippen LogP contribution in [0, 0.1) is 0 Å². The van der Waals surface area contributed by atoms with Crippen LogP contribution in [0.3, 0.4) is 0 Å². The molecule has 0 saturated carbocycles. The lowest BCUT2D eigenvalue weighted by Gasteiger charge is -2.42. The van der Waals surface area contributed by atoms with Crippen LogP contribution in [-0.2, 0) is 47.5 Å². The molecule has 0 aliphatic carbocycles. The summed E-state index contributed by atoms with van der Waals surface area (Å²) in [7, 11) is 0. The zero-order valence-corrected chi connectivity index (χ0v) is 37.5. The van der Waals surface area contributed by atoms with Gasteiger partial charge in [-0.25, -0.2) is 9.59 Å². The first-order valence-corrected chi connectivity index (χ1v) is 21.5. The van der Waals surface area contributed by atoms with Crippen molar-refractivity contribution in [1.29, 1.82) is 0 Å². The van der Waals surface area contributed by atoms with Crippen LogP contribution in [-0.4, -0.2) is 233 Å². The van der Waals surface area contributed by atoms with E-state index in [0.717, 1.165) is 11.1 Å². The van der Waals surface area contributed by atoms with Crippen LogP contribution in [0.2, 0.25) is 0 Å². The summed E-state index contributed by atoms with van der Waals surface area (Å²) in [5.41, 5.74) is 1.68. The predicted octanol–water partition coefficient (Wildman–Crippen LogP) is -5.23. The van der Waals surface area contributed by atoms with Gasteiger partial charge in [-0.3, -0.25) is 0 Å². The molecule has 20 atom stereocenters. The first-order valence-electron chi connectivity index (χ1n) is 21.5. The number of hydrogen-bond donors (Lipinski definition) is 14. The van der Waals surface area contributed by atoms with E-state index in [-0.39, 0.29) is 11.1 Å². The summed E-state index contributed by atoms with van der Waals surface area (Å²) in [6.45, 7) is 3.80. The van der Waals surface area contributed by atoms with Crippen molar-refractivity contribution >= 4 is 11.9 Å². The number of esters is 2. The normalized spacial score (nSPS) is 40.3. The Labute approximate surface area is 390 Å². The van der Waals surface area contributed by atoms with Crippen LogP contribution in [0.4, 0.5) is 0 Å². The lowest BCUT2D eigenvalue weighted by atomic mass is 9.98. The number of carbonyl (C=O) groups excluding carboxylic acids is 2. The number of hydrogen-bond acceptors (Lipinski definition) is 24. The molecule has 8 unspecified atom stereocenters. The van der Waals surface area contributed by atoms with E-state index in [1.54, 1.807) is 62.5 Å². The molecule has 4 fully saturated rings. The van der Waals surface area contributed by atoms with Gasteiger partial charge in [0.1, 0.15) is 97.7 Å². The summed E-state index contributed by atoms with van der Waals surface area (Å²) in [5, 5.41) is 142. The molecule has 4 aliphatic rings. The van der Waals surface area contributed by atoms with Gasteiger partial charge in [0.05, 0.1) is 26.4 Å². The topological polar surface area (TPSA) is 391 Å². The first-order chi connectivity index (χ1) is 32.1. The summed E-state index contributed by atoms with van der Waals surface area (Å²) in [6, 6.07) is 0. The van der Waals surface area contributed by atoms with Gasteiger partial charge in [-0.1, -0.05) is 71.9 Å². The lowest BCUT2D eigenvalue weighted by Crippen LogP contribution is -2.61. The van der Waals surface area contributed by atoms with Crippen molar-refractivity contribution in [3.8, 4) is 0 Å². The maximum absolute atomic E-state index is 12.8. The maximum atomic E-state index is 12.8. The fourth-order valence-corrected chi connectivity index (χ4v) is 6.84. The molecule has 0 aromatic rings. The van der Waals surface area contributed by atoms with E-state index in [1.165, 1.54) is 26.0 Å². The maximum Gasteiger partial charge on any atom is 0.336 e. The van der Waals surface area contributed by atoms with Gasteiger partial charge < -0.3 is 109 Å². The largest absolute Gasteiger partial charge is 0.429 e. The van der Waals surface area contributed by atoms with Crippen LogP contribution < -0.4 is 0 Å². The summed E-state index contributed by atoms with van der Waals surface area (Å²) in [4.78, 5) is 25.6. The molecule has 68 heavy (non-hydrogen) atoms. The van der Waals surface area contributed by atoms with E-state index in [0.29, 0.717) is 0 Å². The molecule has 0 bridgehead atoms. The fourth-order valence-electron chi connectivity index (χ4n) is 6.84. The highest BCUT2D eigenvalue weighted by molar-refractivity contribution is 5.88. The number of rotatable bonds is 18. The highest BCUT2D eigenvalue weighted by Gasteiger charge is 2.50. The smallest absolute Gasteiger partial charge is 0.336 e. The van der Waals surface area contributed by atoms with Gasteiger partial charge in [0, 0.05) is 11.1 Å². The number of ether oxygens (including phenoxy) is 8. The van der Waals surface area contributed by atoms with Crippen LogP contribution in [0.5, 0.6) is 0 Å². The molecule has 24 nitrogen and oxygen atoms in total. The van der Waals surface area contributed by atoms with Crippen LogP contribution in [0.15, 0.2) is 83.1 Å². The number of carbonyl (C=O) groups is 2. The molecule has 4 saturated heterocycles. The summed E-state index contributed by atoms with van der Waals surface area (Å²) >= 11 is 0. The second-order valence-electron chi connectivity index (χ2n) is 16.5. The molecule has 0 amide bonds. The van der Waals surface area contributed by atoms with E-state index >= 15 is 0 Å². The van der Waals surface area contributed by atoms with Gasteiger partial charge in [0.25, 0.3) is 0 Å². The van der Waals surface area contributed by atoms with E-state index in [4.69, 9.17) is 37.9 Å². The third-order valence-corrected chi connectivity index (χ3v) is 11.2. The van der Waals surface area contributed by atoms with Crippen molar-refractivity contribution in [2.24, 2.45) is 0 Å². The Morgan fingerprint density at radius 1 is 0.397 bits per heavy atom. The average Bonchev–Trinajstić information content (AvgIpc) is 3.31. The van der Waals surface area contributed by atoms with Crippen molar-refractivity contribution in [3.63, 3.8) is 0 Å². The Morgan fingerprint density at radius 3 is 1.01 bits per heavy atom. The van der Waals surface area contributed by atoms with Gasteiger partial charge in [-0.2, -0.15) is 0 Å². The van der Waals surface area contributed by atoms with E-state index in [2.05, 4.69) is 0 Å². The Morgan fingerprint density at radius 2 is 0.691 bits per heavy atom. The number of aliphatic hydroxyl groups excluding tert-OH is 14. The Bertz CT molecular complexity index is 1730. The van der Waals surface area contributed by atoms with E-state index < -0.39 is 161 Å². The minimum absolute atomic E-state index is 0.0726. The quantitative estimate of drug-likeness (QED) is 0.0347. The zero-order valence-electron chi connectivity index (χ0n) is 37.5. The molecule has 14 N–H and O–H groups in total. The molecule has 384 valence electrons. The summed E-state index contributed by atoms with van der Waals surface area (Å²) < 4.78 is 42.7. The molecule has 4 rings (SSSR count). The summed E-state index contributed by atoms with van der Waals surface area (Å²) in [6.07, 6.45) is -16.8. The average molecular weight is 977 g/mol. The third kappa shape index (κ3) is 14.9. The van der Waals surface area contributed by atoms with E-state index in [1.807, 2.05) is 0 Å².